The third-order valence-electron chi connectivity index (χ3n) is 5.95. The van der Waals surface area contributed by atoms with E-state index in [1.807, 2.05) is 0 Å². The number of nitrogens with zero attached hydrogens (tertiary/aromatic N) is 2. The zero-order valence-corrected chi connectivity index (χ0v) is 20.8. The van der Waals surface area contributed by atoms with Crippen LogP contribution >= 0.6 is 11.3 Å². The molecule has 2 aromatic carbocycles. The van der Waals surface area contributed by atoms with E-state index in [0.717, 1.165) is 11.3 Å². The van der Waals surface area contributed by atoms with E-state index < -0.39 is 40.4 Å². The summed E-state index contributed by atoms with van der Waals surface area (Å²) in [6.07, 6.45) is 1.33. The molecule has 0 saturated carbocycles. The predicted molar refractivity (Wildman–Crippen MR) is 134 cm³/mol. The molecule has 11 heteroatoms. The monoisotopic (exact) mass is 526 g/mol. The van der Waals surface area contributed by atoms with Gasteiger partial charge in [0.25, 0.3) is 11.5 Å². The van der Waals surface area contributed by atoms with Crippen molar-refractivity contribution in [2.24, 2.45) is 5.92 Å². The number of aromatic amines is 1. The third-order valence-corrected chi connectivity index (χ3v) is 6.84. The Balaban J connectivity index is 1.66. The molecule has 0 saturated heterocycles. The first-order valence-corrected chi connectivity index (χ1v) is 12.3. The molecule has 4 rings (SSSR count). The maximum atomic E-state index is 13.7. The van der Waals surface area contributed by atoms with Crippen molar-refractivity contribution in [2.75, 3.05) is 0 Å². The molecule has 1 amide bonds. The van der Waals surface area contributed by atoms with Gasteiger partial charge < -0.3 is 10.4 Å². The van der Waals surface area contributed by atoms with E-state index in [0.29, 0.717) is 16.8 Å². The predicted octanol–water partition coefficient (Wildman–Crippen LogP) is 3.01. The molecule has 0 spiro atoms. The highest BCUT2D eigenvalue weighted by Crippen LogP contribution is 2.36. The summed E-state index contributed by atoms with van der Waals surface area (Å²) in [5, 5.41) is 16.6. The summed E-state index contributed by atoms with van der Waals surface area (Å²) in [6, 6.07) is 10.8. The lowest BCUT2D eigenvalue weighted by Crippen LogP contribution is -2.54. The topological polar surface area (TPSA) is 117 Å². The van der Waals surface area contributed by atoms with Crippen LogP contribution in [-0.2, 0) is 12.1 Å². The minimum atomic E-state index is -1.82. The summed E-state index contributed by atoms with van der Waals surface area (Å²) in [5.74, 6) is -1.87. The van der Waals surface area contributed by atoms with Crippen molar-refractivity contribution in [2.45, 2.75) is 32.0 Å². The van der Waals surface area contributed by atoms with Gasteiger partial charge in [-0.05, 0) is 41.3 Å². The Morgan fingerprint density at radius 3 is 2.14 bits per heavy atom. The van der Waals surface area contributed by atoms with Crippen molar-refractivity contribution in [1.29, 1.82) is 0 Å². The molecule has 1 atom stereocenters. The second-order valence-electron chi connectivity index (χ2n) is 8.86. The number of carbonyl (C=O) groups excluding carboxylic acids is 1. The largest absolute Gasteiger partial charge is 0.378 e. The first kappa shape index (κ1) is 26.1. The molecule has 0 radical (unpaired) electrons. The second-order valence-corrected chi connectivity index (χ2v) is 9.72. The molecule has 3 N–H and O–H groups in total. The fourth-order valence-corrected chi connectivity index (χ4v) is 4.83. The Hall–Kier alpha value is -3.96. The van der Waals surface area contributed by atoms with Gasteiger partial charge in [-0.2, -0.15) is 0 Å². The van der Waals surface area contributed by atoms with Gasteiger partial charge in [0, 0.05) is 17.6 Å². The van der Waals surface area contributed by atoms with Gasteiger partial charge in [-0.25, -0.2) is 18.6 Å². The smallest absolute Gasteiger partial charge is 0.328 e. The first-order chi connectivity index (χ1) is 17.6. The quantitative estimate of drug-likeness (QED) is 0.326. The third kappa shape index (κ3) is 5.57. The van der Waals surface area contributed by atoms with Gasteiger partial charge in [0.05, 0.1) is 18.3 Å². The molecule has 4 aromatic rings. The van der Waals surface area contributed by atoms with E-state index in [1.54, 1.807) is 19.2 Å². The van der Waals surface area contributed by atoms with Crippen LogP contribution in [0.5, 0.6) is 0 Å². The molecule has 37 heavy (non-hydrogen) atoms. The first-order valence-electron chi connectivity index (χ1n) is 11.4. The number of aromatic nitrogens is 3. The molecule has 2 heterocycles. The van der Waals surface area contributed by atoms with Crippen molar-refractivity contribution in [3.63, 3.8) is 0 Å². The molecule has 0 fully saturated rings. The molecule has 0 aliphatic carbocycles. The summed E-state index contributed by atoms with van der Waals surface area (Å²) in [7, 11) is 0. The highest BCUT2D eigenvalue weighted by Gasteiger charge is 2.43. The Labute approximate surface area is 214 Å². The number of halogens is 2. The van der Waals surface area contributed by atoms with Crippen LogP contribution in [0.1, 0.15) is 40.5 Å². The Bertz CT molecular complexity index is 1470. The van der Waals surface area contributed by atoms with E-state index in [1.165, 1.54) is 65.4 Å². The normalized spacial score (nSPS) is 12.5. The lowest BCUT2D eigenvalue weighted by Gasteiger charge is -2.40. The van der Waals surface area contributed by atoms with Crippen LogP contribution in [0, 0.1) is 17.6 Å². The Morgan fingerprint density at radius 2 is 1.62 bits per heavy atom. The fraction of sp³-hybridized carbons (Fsp3) is 0.231. The summed E-state index contributed by atoms with van der Waals surface area (Å²) in [6.45, 7) is 3.65. The molecule has 8 nitrogen and oxygen atoms in total. The number of hydrogen-bond acceptors (Lipinski definition) is 6. The van der Waals surface area contributed by atoms with Crippen molar-refractivity contribution in [3.05, 3.63) is 120 Å². The van der Waals surface area contributed by atoms with Gasteiger partial charge in [0.15, 0.2) is 5.01 Å². The Kier molecular flexibility index (Phi) is 7.46. The Morgan fingerprint density at radius 1 is 1.05 bits per heavy atom. The SMILES string of the molecule is CC(C)[C@@H](NC(=O)c1nc(Cn2ccc(=O)[nH]c2=O)cs1)C(O)(c1ccc(F)cc1)c1ccc(F)cc1. The highest BCUT2D eigenvalue weighted by atomic mass is 32.1. The van der Waals surface area contributed by atoms with Crippen molar-refractivity contribution < 1.29 is 18.7 Å². The van der Waals surface area contributed by atoms with Crippen LogP contribution in [0.25, 0.3) is 0 Å². The molecule has 2 aromatic heterocycles. The van der Waals surface area contributed by atoms with Gasteiger partial charge in [0.1, 0.15) is 17.2 Å². The standard InChI is InChI=1S/C26H24F2N4O4S/c1-15(2)22(26(36,16-3-7-18(27)8-4-16)17-5-9-19(28)10-6-17)31-23(34)24-29-20(14-37-24)13-32-12-11-21(33)30-25(32)35/h3-12,14-15,22,36H,13H2,1-2H3,(H,31,34)(H,30,33,35)/t22-/m1/s1. The summed E-state index contributed by atoms with van der Waals surface area (Å²) < 4.78 is 28.6. The van der Waals surface area contributed by atoms with E-state index in [-0.39, 0.29) is 17.5 Å². The maximum Gasteiger partial charge on any atom is 0.328 e. The van der Waals surface area contributed by atoms with Crippen LogP contribution in [0.4, 0.5) is 8.78 Å². The number of amides is 1. The summed E-state index contributed by atoms with van der Waals surface area (Å²) in [5.41, 5.74) is -1.88. The second kappa shape index (κ2) is 10.6. The van der Waals surface area contributed by atoms with E-state index in [9.17, 15) is 28.3 Å². The van der Waals surface area contributed by atoms with Crippen molar-refractivity contribution in [1.82, 2.24) is 19.9 Å². The number of rotatable bonds is 8. The van der Waals surface area contributed by atoms with Gasteiger partial charge >= 0.3 is 5.69 Å². The summed E-state index contributed by atoms with van der Waals surface area (Å²) in [4.78, 5) is 42.9. The molecule has 0 bridgehead atoms. The van der Waals surface area contributed by atoms with Gasteiger partial charge in [-0.15, -0.1) is 11.3 Å². The zero-order chi connectivity index (χ0) is 26.7. The minimum absolute atomic E-state index is 0.0437. The molecule has 0 aliphatic rings. The lowest BCUT2D eigenvalue weighted by atomic mass is 9.75. The average molecular weight is 527 g/mol. The van der Waals surface area contributed by atoms with Gasteiger partial charge in [-0.1, -0.05) is 38.1 Å². The number of nitrogens with one attached hydrogen (secondary N) is 2. The van der Waals surface area contributed by atoms with E-state index in [2.05, 4.69) is 15.3 Å². The molecular formula is C26H24F2N4O4S. The molecule has 192 valence electrons. The average Bonchev–Trinajstić information content (AvgIpc) is 3.33. The van der Waals surface area contributed by atoms with Crippen LogP contribution in [-0.4, -0.2) is 31.6 Å². The lowest BCUT2D eigenvalue weighted by molar-refractivity contribution is 0.0184. The van der Waals surface area contributed by atoms with Crippen molar-refractivity contribution in [3.8, 4) is 0 Å². The number of aliphatic hydroxyl groups is 1. The minimum Gasteiger partial charge on any atom is -0.378 e. The summed E-state index contributed by atoms with van der Waals surface area (Å²) >= 11 is 1.05. The fourth-order valence-electron chi connectivity index (χ4n) is 4.12. The zero-order valence-electron chi connectivity index (χ0n) is 19.9. The van der Waals surface area contributed by atoms with Gasteiger partial charge in [0.2, 0.25) is 0 Å². The molecule has 0 aliphatic heterocycles. The van der Waals surface area contributed by atoms with Crippen molar-refractivity contribution >= 4 is 17.2 Å². The number of thiazole rings is 1. The highest BCUT2D eigenvalue weighted by molar-refractivity contribution is 7.11. The number of benzene rings is 2. The molecule has 0 unspecified atom stereocenters. The van der Waals surface area contributed by atoms with E-state index >= 15 is 0 Å². The number of H-pyrrole nitrogens is 1. The van der Waals surface area contributed by atoms with Crippen LogP contribution in [0.3, 0.4) is 0 Å². The number of hydrogen-bond donors (Lipinski definition) is 3. The van der Waals surface area contributed by atoms with Crippen LogP contribution in [0.2, 0.25) is 0 Å². The maximum absolute atomic E-state index is 13.7. The van der Waals surface area contributed by atoms with E-state index in [4.69, 9.17) is 0 Å². The van der Waals surface area contributed by atoms with Crippen LogP contribution < -0.4 is 16.6 Å². The molecular weight excluding hydrogens is 502 g/mol. The number of carbonyl (C=O) groups is 1. The van der Waals surface area contributed by atoms with Crippen LogP contribution in [0.15, 0.2) is 75.8 Å². The van der Waals surface area contributed by atoms with Gasteiger partial charge in [-0.3, -0.25) is 19.1 Å².